The molecular formula is C15H26N2OS. The van der Waals surface area contributed by atoms with Crippen LogP contribution < -0.4 is 5.73 Å². The van der Waals surface area contributed by atoms with E-state index in [1.54, 1.807) is 11.3 Å². The Bertz CT molecular complexity index is 391. The van der Waals surface area contributed by atoms with E-state index < -0.39 is 0 Å². The van der Waals surface area contributed by atoms with Gasteiger partial charge in [0.2, 0.25) is 0 Å². The molecule has 1 aliphatic heterocycles. The number of nitrogens with zero attached hydrogens (tertiary/aromatic N) is 1. The van der Waals surface area contributed by atoms with Crippen LogP contribution >= 0.6 is 11.3 Å². The number of hydrogen-bond donors (Lipinski definition) is 1. The molecule has 2 heterocycles. The zero-order valence-electron chi connectivity index (χ0n) is 12.3. The minimum Gasteiger partial charge on any atom is -0.378 e. The van der Waals surface area contributed by atoms with Crippen LogP contribution in [0.2, 0.25) is 0 Å². The van der Waals surface area contributed by atoms with Crippen LogP contribution in [0.4, 0.5) is 0 Å². The van der Waals surface area contributed by atoms with Crippen LogP contribution in [0.5, 0.6) is 0 Å². The first-order valence-corrected chi connectivity index (χ1v) is 8.15. The van der Waals surface area contributed by atoms with Crippen LogP contribution in [0.1, 0.15) is 57.2 Å². The van der Waals surface area contributed by atoms with Crippen molar-refractivity contribution < 1.29 is 4.74 Å². The van der Waals surface area contributed by atoms with Gasteiger partial charge in [-0.1, -0.05) is 20.8 Å². The molecule has 2 rings (SSSR count). The van der Waals surface area contributed by atoms with Gasteiger partial charge in [-0.15, -0.1) is 11.3 Å². The van der Waals surface area contributed by atoms with Gasteiger partial charge in [0.05, 0.1) is 16.8 Å². The zero-order chi connectivity index (χ0) is 13.9. The van der Waals surface area contributed by atoms with E-state index in [2.05, 4.69) is 26.2 Å². The second-order valence-electron chi connectivity index (χ2n) is 6.56. The summed E-state index contributed by atoms with van der Waals surface area (Å²) in [6.45, 7) is 7.49. The predicted molar refractivity (Wildman–Crippen MR) is 80.7 cm³/mol. The first kappa shape index (κ1) is 14.9. The van der Waals surface area contributed by atoms with Crippen molar-refractivity contribution in [1.29, 1.82) is 0 Å². The maximum Gasteiger partial charge on any atom is 0.0943 e. The lowest BCUT2D eigenvalue weighted by Gasteiger charge is -2.24. The summed E-state index contributed by atoms with van der Waals surface area (Å²) in [7, 11) is 0. The Morgan fingerprint density at radius 1 is 1.47 bits per heavy atom. The zero-order valence-corrected chi connectivity index (χ0v) is 13.1. The Morgan fingerprint density at radius 2 is 2.26 bits per heavy atom. The summed E-state index contributed by atoms with van der Waals surface area (Å²) in [6, 6.07) is 0.169. The SMILES string of the molecule is CC(C)(C)c1csc(CC(N)CC2CCCCO2)n1. The average molecular weight is 282 g/mol. The topological polar surface area (TPSA) is 48.1 Å². The number of rotatable bonds is 4. The lowest BCUT2D eigenvalue weighted by molar-refractivity contribution is 0.00747. The molecule has 0 aromatic carbocycles. The first-order valence-electron chi connectivity index (χ1n) is 7.27. The summed E-state index contributed by atoms with van der Waals surface area (Å²) >= 11 is 1.73. The maximum atomic E-state index is 6.24. The summed E-state index contributed by atoms with van der Waals surface area (Å²) in [5.74, 6) is 0. The highest BCUT2D eigenvalue weighted by Crippen LogP contribution is 2.25. The van der Waals surface area contributed by atoms with E-state index >= 15 is 0 Å². The normalized spacial score (nSPS) is 22.4. The third-order valence-electron chi connectivity index (χ3n) is 3.60. The van der Waals surface area contributed by atoms with Crippen molar-refractivity contribution >= 4 is 11.3 Å². The van der Waals surface area contributed by atoms with E-state index in [-0.39, 0.29) is 11.5 Å². The van der Waals surface area contributed by atoms with Gasteiger partial charge in [-0.05, 0) is 25.7 Å². The molecule has 0 radical (unpaired) electrons. The molecule has 2 N–H and O–H groups in total. The molecule has 0 spiro atoms. The Kier molecular flexibility index (Phi) is 4.98. The smallest absolute Gasteiger partial charge is 0.0943 e. The van der Waals surface area contributed by atoms with Crippen molar-refractivity contribution in [2.24, 2.45) is 5.73 Å². The number of ether oxygens (including phenoxy) is 1. The van der Waals surface area contributed by atoms with Gasteiger partial charge < -0.3 is 10.5 Å². The number of aromatic nitrogens is 1. The molecule has 1 aliphatic rings. The summed E-state index contributed by atoms with van der Waals surface area (Å²) in [4.78, 5) is 4.71. The molecule has 2 atom stereocenters. The van der Waals surface area contributed by atoms with Gasteiger partial charge in [0.25, 0.3) is 0 Å². The van der Waals surface area contributed by atoms with Gasteiger partial charge in [-0.25, -0.2) is 4.98 Å². The van der Waals surface area contributed by atoms with Gasteiger partial charge >= 0.3 is 0 Å². The quantitative estimate of drug-likeness (QED) is 0.922. The molecule has 0 bridgehead atoms. The van der Waals surface area contributed by atoms with Crippen molar-refractivity contribution in [3.8, 4) is 0 Å². The minimum atomic E-state index is 0.130. The fourth-order valence-corrected chi connectivity index (χ4v) is 3.50. The summed E-state index contributed by atoms with van der Waals surface area (Å²) in [6.07, 6.45) is 5.85. The molecule has 0 amide bonds. The lowest BCUT2D eigenvalue weighted by atomic mass is 9.93. The van der Waals surface area contributed by atoms with Gasteiger partial charge in [-0.3, -0.25) is 0 Å². The van der Waals surface area contributed by atoms with Crippen molar-refractivity contribution in [2.75, 3.05) is 6.61 Å². The molecule has 3 nitrogen and oxygen atoms in total. The Labute approximate surface area is 120 Å². The summed E-state index contributed by atoms with van der Waals surface area (Å²) in [5.41, 5.74) is 7.55. The lowest BCUT2D eigenvalue weighted by Crippen LogP contribution is -2.31. The molecule has 1 aromatic heterocycles. The highest BCUT2D eigenvalue weighted by molar-refractivity contribution is 7.09. The number of nitrogens with two attached hydrogens (primary N) is 1. The molecule has 1 aromatic rings. The molecule has 0 aliphatic carbocycles. The van der Waals surface area contributed by atoms with Crippen LogP contribution in [0.25, 0.3) is 0 Å². The van der Waals surface area contributed by atoms with Crippen LogP contribution in [0, 0.1) is 0 Å². The molecule has 1 saturated heterocycles. The fourth-order valence-electron chi connectivity index (χ4n) is 2.39. The van der Waals surface area contributed by atoms with Gasteiger partial charge in [0, 0.05) is 29.9 Å². The van der Waals surface area contributed by atoms with Crippen molar-refractivity contribution in [1.82, 2.24) is 4.98 Å². The molecule has 2 unspecified atom stereocenters. The Balaban J connectivity index is 1.84. The fraction of sp³-hybridized carbons (Fsp3) is 0.800. The second-order valence-corrected chi connectivity index (χ2v) is 7.51. The van der Waals surface area contributed by atoms with Gasteiger partial charge in [-0.2, -0.15) is 0 Å². The van der Waals surface area contributed by atoms with Crippen LogP contribution in [0.3, 0.4) is 0 Å². The summed E-state index contributed by atoms with van der Waals surface area (Å²) < 4.78 is 5.75. The van der Waals surface area contributed by atoms with Crippen LogP contribution in [-0.4, -0.2) is 23.7 Å². The molecular weight excluding hydrogens is 256 g/mol. The largest absolute Gasteiger partial charge is 0.378 e. The van der Waals surface area contributed by atoms with Gasteiger partial charge in [0.15, 0.2) is 0 Å². The van der Waals surface area contributed by atoms with Crippen molar-refractivity contribution in [2.45, 2.75) is 70.4 Å². The maximum absolute atomic E-state index is 6.24. The van der Waals surface area contributed by atoms with Crippen LogP contribution in [0.15, 0.2) is 5.38 Å². The van der Waals surface area contributed by atoms with E-state index in [1.807, 2.05) is 0 Å². The standard InChI is InChI=1S/C15H26N2OS/c1-15(2,3)13-10-19-14(17-13)9-11(16)8-12-6-4-5-7-18-12/h10-12H,4-9,16H2,1-3H3. The van der Waals surface area contributed by atoms with E-state index in [1.165, 1.54) is 25.0 Å². The Hall–Kier alpha value is -0.450. The van der Waals surface area contributed by atoms with Gasteiger partial charge in [0.1, 0.15) is 0 Å². The molecule has 1 fully saturated rings. The highest BCUT2D eigenvalue weighted by atomic mass is 32.1. The highest BCUT2D eigenvalue weighted by Gasteiger charge is 2.20. The third-order valence-corrected chi connectivity index (χ3v) is 4.47. The molecule has 0 saturated carbocycles. The van der Waals surface area contributed by atoms with Crippen molar-refractivity contribution in [3.63, 3.8) is 0 Å². The number of hydrogen-bond acceptors (Lipinski definition) is 4. The third kappa shape index (κ3) is 4.55. The van der Waals surface area contributed by atoms with E-state index in [9.17, 15) is 0 Å². The monoisotopic (exact) mass is 282 g/mol. The van der Waals surface area contributed by atoms with E-state index in [4.69, 9.17) is 15.5 Å². The Morgan fingerprint density at radius 3 is 2.84 bits per heavy atom. The number of thiazole rings is 1. The average Bonchev–Trinajstić information content (AvgIpc) is 2.78. The minimum absolute atomic E-state index is 0.130. The molecule has 19 heavy (non-hydrogen) atoms. The molecule has 108 valence electrons. The second kappa shape index (κ2) is 6.33. The van der Waals surface area contributed by atoms with E-state index in [0.29, 0.717) is 6.10 Å². The van der Waals surface area contributed by atoms with Crippen molar-refractivity contribution in [3.05, 3.63) is 16.1 Å². The van der Waals surface area contributed by atoms with Crippen LogP contribution in [-0.2, 0) is 16.6 Å². The predicted octanol–water partition coefficient (Wildman–Crippen LogP) is 3.27. The summed E-state index contributed by atoms with van der Waals surface area (Å²) in [5, 5.41) is 3.33. The van der Waals surface area contributed by atoms with E-state index in [0.717, 1.165) is 24.5 Å². The molecule has 4 heteroatoms. The first-order chi connectivity index (χ1) is 8.95.